The molecule has 7 heavy (non-hydrogen) atoms. The predicted octanol–water partition coefficient (Wildman–Crippen LogP) is -0.638. The maximum Gasteiger partial charge on any atom is 0.203 e. The zero-order valence-corrected chi connectivity index (χ0v) is 3.92. The zero-order chi connectivity index (χ0) is 5.11. The van der Waals surface area contributed by atoms with Crippen molar-refractivity contribution in [3.05, 3.63) is 12.3 Å². The Hall–Kier alpha value is -0.540. The quantitative estimate of drug-likeness (QED) is 0.425. The summed E-state index contributed by atoms with van der Waals surface area (Å²) in [4.78, 5) is 0. The summed E-state index contributed by atoms with van der Waals surface area (Å²) in [5, 5.41) is 2.85. The second-order valence-electron chi connectivity index (χ2n) is 1.34. The van der Waals surface area contributed by atoms with E-state index in [4.69, 9.17) is 10.5 Å². The van der Waals surface area contributed by atoms with Crippen LogP contribution in [0.1, 0.15) is 0 Å². The molecule has 0 bridgehead atoms. The molecule has 1 aliphatic heterocycles. The van der Waals surface area contributed by atoms with Crippen LogP contribution in [0.4, 0.5) is 0 Å². The van der Waals surface area contributed by atoms with Crippen LogP contribution in [0.5, 0.6) is 0 Å². The monoisotopic (exact) mass is 100 g/mol. The Morgan fingerprint density at radius 2 is 2.71 bits per heavy atom. The molecule has 3 N–H and O–H groups in total. The second kappa shape index (κ2) is 1.95. The van der Waals surface area contributed by atoms with Crippen LogP contribution in [0.15, 0.2) is 12.3 Å². The van der Waals surface area contributed by atoms with Crippen molar-refractivity contribution in [1.29, 1.82) is 0 Å². The molecule has 0 radical (unpaired) electrons. The maximum atomic E-state index is 5.25. The smallest absolute Gasteiger partial charge is 0.203 e. The van der Waals surface area contributed by atoms with E-state index in [1.807, 2.05) is 6.08 Å². The Labute approximate surface area is 42.1 Å². The number of ether oxygens (including phenoxy) is 1. The highest BCUT2D eigenvalue weighted by molar-refractivity contribution is 4.80. The molecule has 0 fully saturated rings. The van der Waals surface area contributed by atoms with Gasteiger partial charge in [0.2, 0.25) is 6.35 Å². The van der Waals surface area contributed by atoms with Gasteiger partial charge in [-0.2, -0.15) is 0 Å². The molecule has 1 unspecified atom stereocenters. The van der Waals surface area contributed by atoms with E-state index in [9.17, 15) is 0 Å². The molecule has 0 aromatic carbocycles. The summed E-state index contributed by atoms with van der Waals surface area (Å²) in [6.07, 6.45) is 3.16. The van der Waals surface area contributed by atoms with Gasteiger partial charge in [-0.3, -0.25) is 11.1 Å². The van der Waals surface area contributed by atoms with Gasteiger partial charge in [0.15, 0.2) is 0 Å². The van der Waals surface area contributed by atoms with E-state index < -0.39 is 0 Å². The van der Waals surface area contributed by atoms with Crippen LogP contribution in [0.25, 0.3) is 0 Å². The van der Waals surface area contributed by atoms with Gasteiger partial charge in [-0.05, 0) is 6.08 Å². The molecule has 0 aliphatic carbocycles. The maximum absolute atomic E-state index is 5.25. The molecule has 1 aliphatic rings. The minimum absolute atomic E-state index is 0.301. The van der Waals surface area contributed by atoms with E-state index in [-0.39, 0.29) is 6.35 Å². The number of nitrogens with one attached hydrogen (secondary N) is 1. The lowest BCUT2D eigenvalue weighted by molar-refractivity contribution is 0.109. The van der Waals surface area contributed by atoms with E-state index in [0.29, 0.717) is 0 Å². The Morgan fingerprint density at radius 1 is 1.86 bits per heavy atom. The highest BCUT2D eigenvalue weighted by Gasteiger charge is 1.98. The average Bonchev–Trinajstić information content (AvgIpc) is 1.69. The van der Waals surface area contributed by atoms with Crippen LogP contribution in [0.3, 0.4) is 0 Å². The molecule has 3 heteroatoms. The van der Waals surface area contributed by atoms with Gasteiger partial charge in [-0.25, -0.2) is 0 Å². The highest BCUT2D eigenvalue weighted by atomic mass is 16.5. The van der Waals surface area contributed by atoms with Gasteiger partial charge in [0.25, 0.3) is 0 Å². The lowest BCUT2D eigenvalue weighted by Crippen LogP contribution is -2.40. The Kier molecular flexibility index (Phi) is 1.29. The van der Waals surface area contributed by atoms with E-state index in [0.717, 1.165) is 6.54 Å². The lowest BCUT2D eigenvalue weighted by atomic mass is 10.6. The summed E-state index contributed by atoms with van der Waals surface area (Å²) in [5.74, 6) is 0. The van der Waals surface area contributed by atoms with Gasteiger partial charge in [0.05, 0.1) is 6.26 Å². The fraction of sp³-hybridized carbons (Fsp3) is 0.500. The Balaban J connectivity index is 2.32. The standard InChI is InChI=1S/C4H8N2O/c5-4-6-2-1-3-7-4/h1,3-4,6H,2,5H2. The number of hydrogen-bond donors (Lipinski definition) is 2. The summed E-state index contributed by atoms with van der Waals surface area (Å²) >= 11 is 0. The highest BCUT2D eigenvalue weighted by Crippen LogP contribution is 1.85. The SMILES string of the molecule is NC1NCC=CO1. The molecule has 40 valence electrons. The third-order valence-corrected chi connectivity index (χ3v) is 0.758. The molecule has 0 spiro atoms. The first-order valence-electron chi connectivity index (χ1n) is 2.19. The van der Waals surface area contributed by atoms with Gasteiger partial charge >= 0.3 is 0 Å². The van der Waals surface area contributed by atoms with Gasteiger partial charge in [-0.1, -0.05) is 0 Å². The first kappa shape index (κ1) is 4.61. The molecule has 0 aromatic rings. The van der Waals surface area contributed by atoms with Crippen molar-refractivity contribution in [3.8, 4) is 0 Å². The van der Waals surface area contributed by atoms with Gasteiger partial charge < -0.3 is 4.74 Å². The fourth-order valence-corrected chi connectivity index (χ4v) is 0.421. The second-order valence-corrected chi connectivity index (χ2v) is 1.34. The molecule has 1 heterocycles. The normalized spacial score (nSPS) is 29.6. The van der Waals surface area contributed by atoms with E-state index in [2.05, 4.69) is 5.32 Å². The van der Waals surface area contributed by atoms with Gasteiger partial charge in [-0.15, -0.1) is 0 Å². The number of hydrogen-bond acceptors (Lipinski definition) is 3. The van der Waals surface area contributed by atoms with Crippen molar-refractivity contribution < 1.29 is 4.74 Å². The van der Waals surface area contributed by atoms with Gasteiger partial charge in [0.1, 0.15) is 0 Å². The first-order valence-corrected chi connectivity index (χ1v) is 2.19. The lowest BCUT2D eigenvalue weighted by Gasteiger charge is -2.14. The molecule has 0 saturated carbocycles. The first-order chi connectivity index (χ1) is 3.39. The third kappa shape index (κ3) is 1.17. The number of nitrogens with two attached hydrogens (primary N) is 1. The van der Waals surface area contributed by atoms with Crippen LogP contribution < -0.4 is 11.1 Å². The molecule has 0 amide bonds. The number of rotatable bonds is 0. The summed E-state index contributed by atoms with van der Waals surface area (Å²) in [6.45, 7) is 0.807. The van der Waals surface area contributed by atoms with Crippen LogP contribution in [-0.4, -0.2) is 12.9 Å². The topological polar surface area (TPSA) is 47.3 Å². The van der Waals surface area contributed by atoms with Crippen molar-refractivity contribution >= 4 is 0 Å². The van der Waals surface area contributed by atoms with Crippen molar-refractivity contribution in [2.75, 3.05) is 6.54 Å². The molecule has 0 saturated heterocycles. The zero-order valence-electron chi connectivity index (χ0n) is 3.92. The van der Waals surface area contributed by atoms with E-state index in [1.165, 1.54) is 0 Å². The van der Waals surface area contributed by atoms with Crippen molar-refractivity contribution in [2.24, 2.45) is 5.73 Å². The van der Waals surface area contributed by atoms with Crippen molar-refractivity contribution in [2.45, 2.75) is 6.35 Å². The van der Waals surface area contributed by atoms with E-state index in [1.54, 1.807) is 6.26 Å². The van der Waals surface area contributed by atoms with Crippen LogP contribution in [0.2, 0.25) is 0 Å². The summed E-state index contributed by atoms with van der Waals surface area (Å²) in [5.41, 5.74) is 5.25. The Morgan fingerprint density at radius 3 is 3.00 bits per heavy atom. The molecular weight excluding hydrogens is 92.1 g/mol. The van der Waals surface area contributed by atoms with Crippen molar-refractivity contribution in [1.82, 2.24) is 5.32 Å². The average molecular weight is 100 g/mol. The summed E-state index contributed by atoms with van der Waals surface area (Å²) < 4.78 is 4.76. The molecule has 1 rings (SSSR count). The minimum atomic E-state index is -0.301. The summed E-state index contributed by atoms with van der Waals surface area (Å²) in [7, 11) is 0. The van der Waals surface area contributed by atoms with E-state index >= 15 is 0 Å². The van der Waals surface area contributed by atoms with Gasteiger partial charge in [0, 0.05) is 6.54 Å². The van der Waals surface area contributed by atoms with Crippen LogP contribution in [0, 0.1) is 0 Å². The fourth-order valence-electron chi connectivity index (χ4n) is 0.421. The minimum Gasteiger partial charge on any atom is -0.470 e. The van der Waals surface area contributed by atoms with Crippen LogP contribution >= 0.6 is 0 Å². The van der Waals surface area contributed by atoms with Crippen LogP contribution in [-0.2, 0) is 4.74 Å². The summed E-state index contributed by atoms with van der Waals surface area (Å²) in [6, 6.07) is 0. The molecule has 1 atom stereocenters. The molecule has 0 aromatic heterocycles. The Bertz CT molecular complexity index is 81.8. The molecule has 3 nitrogen and oxygen atoms in total. The largest absolute Gasteiger partial charge is 0.470 e. The third-order valence-electron chi connectivity index (χ3n) is 0.758. The predicted molar refractivity (Wildman–Crippen MR) is 26.2 cm³/mol. The van der Waals surface area contributed by atoms with Crippen molar-refractivity contribution in [3.63, 3.8) is 0 Å². The molecular formula is C4H8N2O.